The third-order valence-electron chi connectivity index (χ3n) is 4.26. The topological polar surface area (TPSA) is 49.6 Å². The lowest BCUT2D eigenvalue weighted by molar-refractivity contribution is -0.141. The first-order valence-electron chi connectivity index (χ1n) is 8.45. The number of hydrogen-bond acceptors (Lipinski definition) is 4. The molecular formula is C19H25N3O2. The fourth-order valence-corrected chi connectivity index (χ4v) is 2.91. The summed E-state index contributed by atoms with van der Waals surface area (Å²) in [4.78, 5) is 21.2. The van der Waals surface area contributed by atoms with Gasteiger partial charge in [-0.3, -0.25) is 9.69 Å². The number of piperazine rings is 1. The summed E-state index contributed by atoms with van der Waals surface area (Å²) in [6.45, 7) is 9.98. The van der Waals surface area contributed by atoms with Gasteiger partial charge in [0.1, 0.15) is 6.26 Å². The van der Waals surface area contributed by atoms with E-state index in [1.54, 1.807) is 6.26 Å². The van der Waals surface area contributed by atoms with E-state index in [0.29, 0.717) is 5.89 Å². The Hall–Kier alpha value is -2.14. The summed E-state index contributed by atoms with van der Waals surface area (Å²) in [7, 11) is 0. The second-order valence-electron chi connectivity index (χ2n) is 7.33. The molecule has 2 heterocycles. The number of oxazole rings is 1. The minimum absolute atomic E-state index is 0.231. The van der Waals surface area contributed by atoms with E-state index in [2.05, 4.69) is 9.88 Å². The molecule has 0 atom stereocenters. The second kappa shape index (κ2) is 6.77. The molecule has 1 aromatic heterocycles. The van der Waals surface area contributed by atoms with E-state index in [1.807, 2.05) is 56.0 Å². The van der Waals surface area contributed by atoms with Crippen LogP contribution in [0.4, 0.5) is 0 Å². The molecule has 0 spiro atoms. The fourth-order valence-electron chi connectivity index (χ4n) is 2.91. The van der Waals surface area contributed by atoms with Crippen molar-refractivity contribution in [2.75, 3.05) is 26.2 Å². The Labute approximate surface area is 143 Å². The maximum Gasteiger partial charge on any atom is 0.228 e. The van der Waals surface area contributed by atoms with Crippen LogP contribution in [-0.2, 0) is 11.3 Å². The highest BCUT2D eigenvalue weighted by molar-refractivity contribution is 5.81. The molecule has 0 unspecified atom stereocenters. The van der Waals surface area contributed by atoms with Gasteiger partial charge in [-0.1, -0.05) is 39.0 Å². The number of carbonyl (C=O) groups excluding carboxylic acids is 1. The van der Waals surface area contributed by atoms with Gasteiger partial charge < -0.3 is 9.32 Å². The van der Waals surface area contributed by atoms with Gasteiger partial charge in [-0.25, -0.2) is 4.98 Å². The minimum Gasteiger partial charge on any atom is -0.444 e. The molecule has 2 aromatic rings. The lowest BCUT2D eigenvalue weighted by atomic mass is 9.94. The van der Waals surface area contributed by atoms with Gasteiger partial charge in [-0.2, -0.15) is 0 Å². The molecule has 0 aliphatic carbocycles. The Morgan fingerprint density at radius 2 is 1.79 bits per heavy atom. The van der Waals surface area contributed by atoms with Crippen molar-refractivity contribution < 1.29 is 9.21 Å². The van der Waals surface area contributed by atoms with Crippen LogP contribution in [0.15, 0.2) is 41.0 Å². The Morgan fingerprint density at radius 3 is 2.42 bits per heavy atom. The SMILES string of the molecule is CC(C)(C)C(=O)N1CCN(Cc2coc(-c3ccccc3)n2)CC1. The van der Waals surface area contributed by atoms with Crippen molar-refractivity contribution in [2.45, 2.75) is 27.3 Å². The molecule has 0 bridgehead atoms. The van der Waals surface area contributed by atoms with Crippen LogP contribution in [-0.4, -0.2) is 46.9 Å². The van der Waals surface area contributed by atoms with Crippen LogP contribution in [0.1, 0.15) is 26.5 Å². The zero-order valence-electron chi connectivity index (χ0n) is 14.7. The number of carbonyl (C=O) groups is 1. The average Bonchev–Trinajstić information content (AvgIpc) is 3.03. The Balaban J connectivity index is 1.56. The van der Waals surface area contributed by atoms with Crippen molar-refractivity contribution in [1.29, 1.82) is 0 Å². The van der Waals surface area contributed by atoms with E-state index in [1.165, 1.54) is 0 Å². The molecule has 5 nitrogen and oxygen atoms in total. The zero-order chi connectivity index (χ0) is 17.2. The van der Waals surface area contributed by atoms with E-state index < -0.39 is 0 Å². The first kappa shape index (κ1) is 16.7. The molecule has 128 valence electrons. The van der Waals surface area contributed by atoms with E-state index in [-0.39, 0.29) is 11.3 Å². The third kappa shape index (κ3) is 3.85. The predicted octanol–water partition coefficient (Wildman–Crippen LogP) is 3.03. The van der Waals surface area contributed by atoms with E-state index >= 15 is 0 Å². The van der Waals surface area contributed by atoms with E-state index in [9.17, 15) is 4.79 Å². The van der Waals surface area contributed by atoms with Gasteiger partial charge in [0.05, 0.1) is 5.69 Å². The Bertz CT molecular complexity index is 680. The van der Waals surface area contributed by atoms with E-state index in [0.717, 1.165) is 44.0 Å². The normalized spacial score (nSPS) is 16.4. The minimum atomic E-state index is -0.307. The van der Waals surface area contributed by atoms with Crippen LogP contribution in [0.5, 0.6) is 0 Å². The molecule has 5 heteroatoms. The largest absolute Gasteiger partial charge is 0.444 e. The summed E-state index contributed by atoms with van der Waals surface area (Å²) < 4.78 is 5.59. The van der Waals surface area contributed by atoms with Gasteiger partial charge in [0.25, 0.3) is 0 Å². The summed E-state index contributed by atoms with van der Waals surface area (Å²) in [5.41, 5.74) is 1.62. The third-order valence-corrected chi connectivity index (χ3v) is 4.26. The summed E-state index contributed by atoms with van der Waals surface area (Å²) in [6, 6.07) is 9.92. The van der Waals surface area contributed by atoms with Crippen LogP contribution in [0.25, 0.3) is 11.5 Å². The lowest BCUT2D eigenvalue weighted by Crippen LogP contribution is -2.51. The maximum absolute atomic E-state index is 12.3. The van der Waals surface area contributed by atoms with Crippen molar-refractivity contribution in [3.8, 4) is 11.5 Å². The van der Waals surface area contributed by atoms with Gasteiger partial charge in [0, 0.05) is 43.7 Å². The highest BCUT2D eigenvalue weighted by Gasteiger charge is 2.29. The molecule has 1 aliphatic rings. The fraction of sp³-hybridized carbons (Fsp3) is 0.474. The Morgan fingerprint density at radius 1 is 1.12 bits per heavy atom. The average molecular weight is 327 g/mol. The molecule has 0 saturated carbocycles. The smallest absolute Gasteiger partial charge is 0.228 e. The van der Waals surface area contributed by atoms with Gasteiger partial charge in [0.15, 0.2) is 0 Å². The van der Waals surface area contributed by atoms with Crippen molar-refractivity contribution >= 4 is 5.91 Å². The number of rotatable bonds is 3. The molecule has 0 radical (unpaired) electrons. The molecule has 1 saturated heterocycles. The van der Waals surface area contributed by atoms with Crippen molar-refractivity contribution in [3.05, 3.63) is 42.3 Å². The van der Waals surface area contributed by atoms with Gasteiger partial charge in [-0.15, -0.1) is 0 Å². The highest BCUT2D eigenvalue weighted by Crippen LogP contribution is 2.21. The number of nitrogens with zero attached hydrogens (tertiary/aromatic N) is 3. The summed E-state index contributed by atoms with van der Waals surface area (Å²) in [5.74, 6) is 0.891. The van der Waals surface area contributed by atoms with Gasteiger partial charge >= 0.3 is 0 Å². The molecule has 24 heavy (non-hydrogen) atoms. The van der Waals surface area contributed by atoms with Crippen molar-refractivity contribution in [3.63, 3.8) is 0 Å². The molecular weight excluding hydrogens is 302 g/mol. The molecule has 1 aromatic carbocycles. The molecule has 1 amide bonds. The second-order valence-corrected chi connectivity index (χ2v) is 7.33. The standard InChI is InChI=1S/C19H25N3O2/c1-19(2,3)18(23)22-11-9-21(10-12-22)13-16-14-24-17(20-16)15-7-5-4-6-8-15/h4-8,14H,9-13H2,1-3H3. The van der Waals surface area contributed by atoms with Gasteiger partial charge in [-0.05, 0) is 12.1 Å². The van der Waals surface area contributed by atoms with E-state index in [4.69, 9.17) is 4.42 Å². The first-order valence-corrected chi connectivity index (χ1v) is 8.45. The van der Waals surface area contributed by atoms with Crippen molar-refractivity contribution in [1.82, 2.24) is 14.8 Å². The van der Waals surface area contributed by atoms with Crippen molar-refractivity contribution in [2.24, 2.45) is 5.41 Å². The number of aromatic nitrogens is 1. The maximum atomic E-state index is 12.3. The summed E-state index contributed by atoms with van der Waals surface area (Å²) >= 11 is 0. The Kier molecular flexibility index (Phi) is 4.71. The summed E-state index contributed by atoms with van der Waals surface area (Å²) in [6.07, 6.45) is 1.73. The number of amides is 1. The molecule has 0 N–H and O–H groups in total. The van der Waals surface area contributed by atoms with Crippen LogP contribution >= 0.6 is 0 Å². The number of benzene rings is 1. The molecule has 1 aliphatic heterocycles. The molecule has 3 rings (SSSR count). The zero-order valence-corrected chi connectivity index (χ0v) is 14.7. The monoisotopic (exact) mass is 327 g/mol. The van der Waals surface area contributed by atoms with Crippen LogP contribution < -0.4 is 0 Å². The predicted molar refractivity (Wildman–Crippen MR) is 93.3 cm³/mol. The highest BCUT2D eigenvalue weighted by atomic mass is 16.3. The lowest BCUT2D eigenvalue weighted by Gasteiger charge is -2.37. The quantitative estimate of drug-likeness (QED) is 0.869. The summed E-state index contributed by atoms with van der Waals surface area (Å²) in [5, 5.41) is 0. The van der Waals surface area contributed by atoms with Crippen LogP contribution in [0, 0.1) is 5.41 Å². The van der Waals surface area contributed by atoms with Crippen LogP contribution in [0.2, 0.25) is 0 Å². The van der Waals surface area contributed by atoms with Gasteiger partial charge in [0.2, 0.25) is 11.8 Å². The van der Waals surface area contributed by atoms with Crippen LogP contribution in [0.3, 0.4) is 0 Å². The first-order chi connectivity index (χ1) is 11.4. The number of hydrogen-bond donors (Lipinski definition) is 0. The molecule has 1 fully saturated rings.